The van der Waals surface area contributed by atoms with Gasteiger partial charge in [0.2, 0.25) is 5.91 Å². The van der Waals surface area contributed by atoms with E-state index in [0.29, 0.717) is 12.2 Å². The van der Waals surface area contributed by atoms with E-state index in [9.17, 15) is 4.79 Å². The summed E-state index contributed by atoms with van der Waals surface area (Å²) in [6.07, 6.45) is 0.319. The van der Waals surface area contributed by atoms with Crippen LogP contribution in [0.1, 0.15) is 11.3 Å². The van der Waals surface area contributed by atoms with Gasteiger partial charge in [-0.2, -0.15) is 0 Å². The lowest BCUT2D eigenvalue weighted by molar-refractivity contribution is -0.115. The molecule has 0 saturated carbocycles. The lowest BCUT2D eigenvalue weighted by Gasteiger charge is -2.06. The highest BCUT2D eigenvalue weighted by molar-refractivity contribution is 5.91. The molecule has 2 aromatic rings. The topological polar surface area (TPSA) is 51.2 Å². The summed E-state index contributed by atoms with van der Waals surface area (Å²) in [4.78, 5) is 16.1. The number of aryl methyl sites for hydroxylation is 1. The average molecular weight is 256 g/mol. The van der Waals surface area contributed by atoms with Crippen molar-refractivity contribution in [2.24, 2.45) is 0 Å². The number of amides is 1. The predicted octanol–water partition coefficient (Wildman–Crippen LogP) is 2.58. The molecule has 0 radical (unpaired) electrons. The maximum Gasteiger partial charge on any atom is 0.229 e. The molecule has 0 aliphatic heterocycles. The second-order valence-corrected chi connectivity index (χ2v) is 4.24. The van der Waals surface area contributed by atoms with Crippen LogP contribution in [0.4, 0.5) is 5.82 Å². The van der Waals surface area contributed by atoms with E-state index in [1.54, 1.807) is 13.2 Å². The fourth-order valence-electron chi connectivity index (χ4n) is 1.73. The molecule has 1 heterocycles. The molecule has 1 N–H and O–H groups in total. The standard InChI is InChI=1S/C15H16N2O2/c1-11-4-3-5-14(16-11)17-15(18)10-12-6-8-13(19-2)9-7-12/h3-9H,10H2,1-2H3,(H,16,17,18). The number of ether oxygens (including phenoxy) is 1. The SMILES string of the molecule is COc1ccc(CC(=O)Nc2cccc(C)n2)cc1. The zero-order valence-corrected chi connectivity index (χ0v) is 11.0. The van der Waals surface area contributed by atoms with Crippen LogP contribution >= 0.6 is 0 Å². The molecule has 1 amide bonds. The molecule has 0 unspecified atom stereocenters. The van der Waals surface area contributed by atoms with Gasteiger partial charge in [-0.25, -0.2) is 4.98 Å². The minimum absolute atomic E-state index is 0.0803. The average Bonchev–Trinajstić information content (AvgIpc) is 2.39. The van der Waals surface area contributed by atoms with E-state index in [4.69, 9.17) is 4.74 Å². The van der Waals surface area contributed by atoms with E-state index in [-0.39, 0.29) is 5.91 Å². The number of nitrogens with one attached hydrogen (secondary N) is 1. The van der Waals surface area contributed by atoms with Crippen molar-refractivity contribution in [3.8, 4) is 5.75 Å². The monoisotopic (exact) mass is 256 g/mol. The molecule has 4 heteroatoms. The van der Waals surface area contributed by atoms with E-state index in [1.807, 2.05) is 43.3 Å². The predicted molar refractivity (Wildman–Crippen MR) is 74.3 cm³/mol. The van der Waals surface area contributed by atoms with E-state index < -0.39 is 0 Å². The molecule has 1 aromatic carbocycles. The van der Waals surface area contributed by atoms with Crippen molar-refractivity contribution in [1.82, 2.24) is 4.98 Å². The van der Waals surface area contributed by atoms with Crippen LogP contribution in [-0.4, -0.2) is 18.0 Å². The summed E-state index contributed by atoms with van der Waals surface area (Å²) in [6, 6.07) is 13.0. The zero-order chi connectivity index (χ0) is 13.7. The summed E-state index contributed by atoms with van der Waals surface area (Å²) in [6.45, 7) is 1.89. The first-order valence-electron chi connectivity index (χ1n) is 6.04. The summed E-state index contributed by atoms with van der Waals surface area (Å²) in [5, 5.41) is 2.78. The van der Waals surface area contributed by atoms with Crippen LogP contribution in [0.2, 0.25) is 0 Å². The van der Waals surface area contributed by atoms with Crippen molar-refractivity contribution in [2.45, 2.75) is 13.3 Å². The number of aromatic nitrogens is 1. The normalized spacial score (nSPS) is 10.0. The lowest BCUT2D eigenvalue weighted by atomic mass is 10.1. The van der Waals surface area contributed by atoms with Crippen molar-refractivity contribution >= 4 is 11.7 Å². The molecule has 0 saturated heterocycles. The Hall–Kier alpha value is -2.36. The van der Waals surface area contributed by atoms with Crippen LogP contribution in [0.15, 0.2) is 42.5 Å². The molecule has 98 valence electrons. The van der Waals surface area contributed by atoms with Gasteiger partial charge in [-0.3, -0.25) is 4.79 Å². The Morgan fingerprint density at radius 2 is 1.95 bits per heavy atom. The summed E-state index contributed by atoms with van der Waals surface area (Å²) >= 11 is 0. The minimum atomic E-state index is -0.0803. The van der Waals surface area contributed by atoms with Crippen LogP contribution in [0, 0.1) is 6.92 Å². The smallest absolute Gasteiger partial charge is 0.229 e. The van der Waals surface area contributed by atoms with Crippen LogP contribution < -0.4 is 10.1 Å². The number of nitrogens with zero attached hydrogens (tertiary/aromatic N) is 1. The molecular formula is C15H16N2O2. The molecule has 0 fully saturated rings. The van der Waals surface area contributed by atoms with Crippen molar-refractivity contribution in [2.75, 3.05) is 12.4 Å². The summed E-state index contributed by atoms with van der Waals surface area (Å²) in [5.74, 6) is 1.28. The van der Waals surface area contributed by atoms with E-state index in [2.05, 4.69) is 10.3 Å². The van der Waals surface area contributed by atoms with Gasteiger partial charge in [0.05, 0.1) is 13.5 Å². The third-order valence-electron chi connectivity index (χ3n) is 2.68. The quantitative estimate of drug-likeness (QED) is 0.914. The first kappa shape index (κ1) is 13.1. The Morgan fingerprint density at radius 1 is 1.21 bits per heavy atom. The zero-order valence-electron chi connectivity index (χ0n) is 11.0. The van der Waals surface area contributed by atoms with Gasteiger partial charge in [-0.15, -0.1) is 0 Å². The molecule has 0 aliphatic rings. The van der Waals surface area contributed by atoms with Gasteiger partial charge < -0.3 is 10.1 Å². The highest BCUT2D eigenvalue weighted by Crippen LogP contribution is 2.12. The Balaban J connectivity index is 1.97. The highest BCUT2D eigenvalue weighted by atomic mass is 16.5. The number of carbonyl (C=O) groups is 1. The first-order valence-corrected chi connectivity index (χ1v) is 6.04. The molecule has 4 nitrogen and oxygen atoms in total. The summed E-state index contributed by atoms with van der Waals surface area (Å²) in [5.41, 5.74) is 1.81. The number of methoxy groups -OCH3 is 1. The Bertz CT molecular complexity index is 565. The van der Waals surface area contributed by atoms with Gasteiger partial charge in [-0.1, -0.05) is 18.2 Å². The third kappa shape index (κ3) is 3.81. The van der Waals surface area contributed by atoms with Gasteiger partial charge in [-0.05, 0) is 36.8 Å². The van der Waals surface area contributed by atoms with Crippen LogP contribution in [0.25, 0.3) is 0 Å². The lowest BCUT2D eigenvalue weighted by Crippen LogP contribution is -2.15. The first-order chi connectivity index (χ1) is 9.17. The molecule has 19 heavy (non-hydrogen) atoms. The maximum atomic E-state index is 11.9. The molecule has 0 bridgehead atoms. The van der Waals surface area contributed by atoms with Gasteiger partial charge in [0.25, 0.3) is 0 Å². The number of anilines is 1. The molecule has 0 aliphatic carbocycles. The largest absolute Gasteiger partial charge is 0.497 e. The number of carbonyl (C=O) groups excluding carboxylic acids is 1. The minimum Gasteiger partial charge on any atom is -0.497 e. The summed E-state index contributed by atoms with van der Waals surface area (Å²) < 4.78 is 5.07. The highest BCUT2D eigenvalue weighted by Gasteiger charge is 2.05. The number of rotatable bonds is 4. The van der Waals surface area contributed by atoms with Crippen molar-refractivity contribution in [3.05, 3.63) is 53.7 Å². The third-order valence-corrected chi connectivity index (χ3v) is 2.68. The van der Waals surface area contributed by atoms with Crippen LogP contribution in [-0.2, 0) is 11.2 Å². The number of benzene rings is 1. The van der Waals surface area contributed by atoms with Crippen molar-refractivity contribution in [1.29, 1.82) is 0 Å². The van der Waals surface area contributed by atoms with Gasteiger partial charge in [0, 0.05) is 5.69 Å². The van der Waals surface area contributed by atoms with Crippen LogP contribution in [0.5, 0.6) is 5.75 Å². The fourth-order valence-corrected chi connectivity index (χ4v) is 1.73. The Kier molecular flexibility index (Phi) is 4.13. The maximum absolute atomic E-state index is 11.9. The number of hydrogen-bond donors (Lipinski definition) is 1. The second kappa shape index (κ2) is 6.00. The van der Waals surface area contributed by atoms with Gasteiger partial charge in [0.15, 0.2) is 0 Å². The van der Waals surface area contributed by atoms with E-state index in [1.165, 1.54) is 0 Å². The second-order valence-electron chi connectivity index (χ2n) is 4.24. The molecule has 0 atom stereocenters. The molecule has 0 spiro atoms. The number of hydrogen-bond acceptors (Lipinski definition) is 3. The van der Waals surface area contributed by atoms with E-state index >= 15 is 0 Å². The molecule has 1 aromatic heterocycles. The Labute approximate surface area is 112 Å². The Morgan fingerprint density at radius 3 is 2.58 bits per heavy atom. The van der Waals surface area contributed by atoms with Crippen LogP contribution in [0.3, 0.4) is 0 Å². The van der Waals surface area contributed by atoms with E-state index in [0.717, 1.165) is 17.0 Å². The van der Waals surface area contributed by atoms with Crippen molar-refractivity contribution < 1.29 is 9.53 Å². The van der Waals surface area contributed by atoms with Gasteiger partial charge >= 0.3 is 0 Å². The fraction of sp³-hybridized carbons (Fsp3) is 0.200. The van der Waals surface area contributed by atoms with Crippen molar-refractivity contribution in [3.63, 3.8) is 0 Å². The molecular weight excluding hydrogens is 240 g/mol. The van der Waals surface area contributed by atoms with Gasteiger partial charge in [0.1, 0.15) is 11.6 Å². The summed E-state index contributed by atoms with van der Waals surface area (Å²) in [7, 11) is 1.62. The number of pyridine rings is 1. The molecule has 2 rings (SSSR count).